The molecule has 0 saturated carbocycles. The van der Waals surface area contributed by atoms with Crippen LogP contribution >= 0.6 is 0 Å². The predicted octanol–water partition coefficient (Wildman–Crippen LogP) is 5.36. The largest absolute Gasteiger partial charge is 0.362 e. The van der Waals surface area contributed by atoms with Gasteiger partial charge >= 0.3 is 0 Å². The third kappa shape index (κ3) is 4.25. The number of nitrogens with zero attached hydrogens (tertiary/aromatic N) is 1. The molecule has 0 bridgehead atoms. The van der Waals surface area contributed by atoms with Crippen LogP contribution in [-0.2, 0) is 9.59 Å². The summed E-state index contributed by atoms with van der Waals surface area (Å²) in [6, 6.07) is 16.8. The summed E-state index contributed by atoms with van der Waals surface area (Å²) in [6.45, 7) is 1.74. The molecule has 0 fully saturated rings. The molecule has 35 heavy (non-hydrogen) atoms. The van der Waals surface area contributed by atoms with Crippen LogP contribution in [0.2, 0.25) is 0 Å². The normalized spacial score (nSPS) is 19.8. The maximum absolute atomic E-state index is 14.3. The number of para-hydroxylation sites is 1. The molecule has 1 amide bonds. The van der Waals surface area contributed by atoms with Crippen molar-refractivity contribution in [1.29, 1.82) is 0 Å². The van der Waals surface area contributed by atoms with Gasteiger partial charge < -0.3 is 10.6 Å². The summed E-state index contributed by atoms with van der Waals surface area (Å²) >= 11 is 0. The maximum Gasteiger partial charge on any atom is 0.254 e. The van der Waals surface area contributed by atoms with E-state index in [2.05, 4.69) is 15.6 Å². The van der Waals surface area contributed by atoms with E-state index >= 15 is 0 Å². The van der Waals surface area contributed by atoms with E-state index in [1.165, 1.54) is 6.07 Å². The van der Waals surface area contributed by atoms with E-state index in [9.17, 15) is 18.4 Å². The van der Waals surface area contributed by atoms with Crippen LogP contribution in [0.3, 0.4) is 0 Å². The lowest BCUT2D eigenvalue weighted by Crippen LogP contribution is -2.37. The summed E-state index contributed by atoms with van der Waals surface area (Å²) in [5.74, 6) is -3.16. The molecule has 176 valence electrons. The molecule has 2 N–H and O–H groups in total. The Hall–Kier alpha value is -4.13. The van der Waals surface area contributed by atoms with E-state index in [0.717, 1.165) is 23.4 Å². The van der Waals surface area contributed by atoms with Crippen LogP contribution in [-0.4, -0.2) is 16.7 Å². The van der Waals surface area contributed by atoms with Gasteiger partial charge in [0.1, 0.15) is 17.3 Å². The zero-order valence-corrected chi connectivity index (χ0v) is 19.0. The minimum atomic E-state index is -0.875. The SMILES string of the molecule is CC1=C(C(=O)Nc2c(F)cccc2F)C(c2ccncc2)C2=C(CC(c3ccccc3)CC2=O)N1. The summed E-state index contributed by atoms with van der Waals surface area (Å²) in [5, 5.41) is 5.66. The number of ketones is 1. The number of halogens is 2. The number of rotatable bonds is 4. The second-order valence-electron chi connectivity index (χ2n) is 8.76. The molecule has 2 aromatic carbocycles. The summed E-state index contributed by atoms with van der Waals surface area (Å²) in [7, 11) is 0. The van der Waals surface area contributed by atoms with E-state index in [1.807, 2.05) is 30.3 Å². The first-order chi connectivity index (χ1) is 16.9. The number of pyridine rings is 1. The van der Waals surface area contributed by atoms with Gasteiger partial charge in [-0.05, 0) is 54.7 Å². The lowest BCUT2D eigenvalue weighted by atomic mass is 9.71. The fourth-order valence-electron chi connectivity index (χ4n) is 4.99. The van der Waals surface area contributed by atoms with Crippen molar-refractivity contribution in [1.82, 2.24) is 10.3 Å². The van der Waals surface area contributed by atoms with Gasteiger partial charge in [-0.1, -0.05) is 36.4 Å². The van der Waals surface area contributed by atoms with Crippen LogP contribution in [0.15, 0.2) is 95.6 Å². The third-order valence-electron chi connectivity index (χ3n) is 6.58. The zero-order valence-electron chi connectivity index (χ0n) is 19.0. The van der Waals surface area contributed by atoms with Crippen molar-refractivity contribution in [3.05, 3.63) is 118 Å². The highest BCUT2D eigenvalue weighted by atomic mass is 19.1. The van der Waals surface area contributed by atoms with Crippen LogP contribution in [0, 0.1) is 11.6 Å². The quantitative estimate of drug-likeness (QED) is 0.538. The van der Waals surface area contributed by atoms with Crippen LogP contribution in [0.4, 0.5) is 14.5 Å². The maximum atomic E-state index is 14.3. The Labute approximate surface area is 201 Å². The highest BCUT2D eigenvalue weighted by Gasteiger charge is 2.41. The van der Waals surface area contributed by atoms with E-state index in [-0.39, 0.29) is 17.3 Å². The zero-order chi connectivity index (χ0) is 24.5. The number of aromatic nitrogens is 1. The van der Waals surface area contributed by atoms with Gasteiger partial charge in [-0.15, -0.1) is 0 Å². The van der Waals surface area contributed by atoms with Gasteiger partial charge in [-0.25, -0.2) is 8.78 Å². The van der Waals surface area contributed by atoms with E-state index in [1.54, 1.807) is 31.5 Å². The predicted molar refractivity (Wildman–Crippen MR) is 128 cm³/mol. The molecule has 2 aliphatic rings. The number of nitrogens with one attached hydrogen (secondary N) is 2. The van der Waals surface area contributed by atoms with Crippen molar-refractivity contribution >= 4 is 17.4 Å². The summed E-state index contributed by atoms with van der Waals surface area (Å²) in [4.78, 5) is 31.1. The number of anilines is 1. The van der Waals surface area contributed by atoms with Crippen molar-refractivity contribution < 1.29 is 18.4 Å². The molecule has 2 heterocycles. The molecular weight excluding hydrogens is 448 g/mol. The minimum Gasteiger partial charge on any atom is -0.362 e. The van der Waals surface area contributed by atoms with Gasteiger partial charge in [0.05, 0.1) is 0 Å². The van der Waals surface area contributed by atoms with Crippen molar-refractivity contribution in [3.8, 4) is 0 Å². The molecule has 0 saturated heterocycles. The molecule has 1 aliphatic heterocycles. The number of dihydropyridines is 1. The van der Waals surface area contributed by atoms with E-state index in [4.69, 9.17) is 0 Å². The van der Waals surface area contributed by atoms with E-state index < -0.39 is 29.1 Å². The average molecular weight is 472 g/mol. The Morgan fingerprint density at radius 3 is 2.31 bits per heavy atom. The van der Waals surface area contributed by atoms with E-state index in [0.29, 0.717) is 29.7 Å². The molecule has 5 rings (SSSR count). The first kappa shape index (κ1) is 22.7. The molecule has 2 atom stereocenters. The van der Waals surface area contributed by atoms with Gasteiger partial charge in [-0.3, -0.25) is 14.6 Å². The minimum absolute atomic E-state index is 0.0173. The second-order valence-corrected chi connectivity index (χ2v) is 8.76. The molecule has 3 aromatic rings. The number of carbonyl (C=O) groups excluding carboxylic acids is 2. The number of allylic oxidation sites excluding steroid dienone is 3. The van der Waals surface area contributed by atoms with Crippen LogP contribution in [0.25, 0.3) is 0 Å². The van der Waals surface area contributed by atoms with Crippen molar-refractivity contribution in [2.45, 2.75) is 31.6 Å². The lowest BCUT2D eigenvalue weighted by molar-refractivity contribution is -0.116. The van der Waals surface area contributed by atoms with Crippen molar-refractivity contribution in [2.24, 2.45) is 0 Å². The summed E-state index contributed by atoms with van der Waals surface area (Å²) in [6.07, 6.45) is 4.11. The smallest absolute Gasteiger partial charge is 0.254 e. The van der Waals surface area contributed by atoms with Gasteiger partial charge in [0, 0.05) is 47.3 Å². The number of hydrogen-bond acceptors (Lipinski definition) is 4. The molecular formula is C28H23F2N3O2. The van der Waals surface area contributed by atoms with Gasteiger partial charge in [0.2, 0.25) is 0 Å². The Kier molecular flexibility index (Phi) is 5.99. The highest BCUT2D eigenvalue weighted by molar-refractivity contribution is 6.10. The Balaban J connectivity index is 1.56. The molecule has 0 spiro atoms. The monoisotopic (exact) mass is 471 g/mol. The van der Waals surface area contributed by atoms with Gasteiger partial charge in [0.15, 0.2) is 5.78 Å². The number of Topliss-reactive ketones (excluding diaryl/α,β-unsaturated/α-hetero) is 1. The fraction of sp³-hybridized carbons (Fsp3) is 0.179. The molecule has 5 nitrogen and oxygen atoms in total. The Morgan fingerprint density at radius 2 is 1.63 bits per heavy atom. The number of carbonyl (C=O) groups is 2. The number of hydrogen-bond donors (Lipinski definition) is 2. The Bertz CT molecular complexity index is 1350. The molecule has 7 heteroatoms. The van der Waals surface area contributed by atoms with Gasteiger partial charge in [0.25, 0.3) is 5.91 Å². The lowest BCUT2D eigenvalue weighted by Gasteiger charge is -2.37. The molecule has 0 radical (unpaired) electrons. The van der Waals surface area contributed by atoms with Crippen molar-refractivity contribution in [2.75, 3.05) is 5.32 Å². The number of benzene rings is 2. The highest BCUT2D eigenvalue weighted by Crippen LogP contribution is 2.45. The van der Waals surface area contributed by atoms with Crippen LogP contribution in [0.5, 0.6) is 0 Å². The third-order valence-corrected chi connectivity index (χ3v) is 6.58. The second kappa shape index (κ2) is 9.25. The Morgan fingerprint density at radius 1 is 0.943 bits per heavy atom. The average Bonchev–Trinajstić information content (AvgIpc) is 2.86. The van der Waals surface area contributed by atoms with Crippen LogP contribution < -0.4 is 10.6 Å². The number of amides is 1. The molecule has 2 unspecified atom stereocenters. The molecule has 1 aromatic heterocycles. The first-order valence-electron chi connectivity index (χ1n) is 11.4. The fourth-order valence-corrected chi connectivity index (χ4v) is 4.99. The van der Waals surface area contributed by atoms with Crippen molar-refractivity contribution in [3.63, 3.8) is 0 Å². The summed E-state index contributed by atoms with van der Waals surface area (Å²) < 4.78 is 28.5. The van der Waals surface area contributed by atoms with Crippen LogP contribution in [0.1, 0.15) is 42.7 Å². The summed E-state index contributed by atoms with van der Waals surface area (Å²) in [5.41, 5.74) is 3.31. The topological polar surface area (TPSA) is 71.1 Å². The first-order valence-corrected chi connectivity index (χ1v) is 11.4. The standard InChI is InChI=1S/C28H23F2N3O2/c1-16-24(28(35)33-27-20(29)8-5-9-21(27)30)25(18-10-12-31-13-11-18)26-22(32-16)14-19(15-23(26)34)17-6-3-2-4-7-17/h2-13,19,25,32H,14-15H2,1H3,(H,33,35). The molecule has 1 aliphatic carbocycles. The van der Waals surface area contributed by atoms with Gasteiger partial charge in [-0.2, -0.15) is 0 Å².